The molecule has 0 fully saturated rings. The molecule has 1 heterocycles. The van der Waals surface area contributed by atoms with E-state index in [-0.39, 0.29) is 10.6 Å². The van der Waals surface area contributed by atoms with E-state index in [1.165, 1.54) is 5.56 Å². The van der Waals surface area contributed by atoms with Gasteiger partial charge in [0.25, 0.3) is 5.69 Å². The Morgan fingerprint density at radius 1 is 1.39 bits per heavy atom. The summed E-state index contributed by atoms with van der Waals surface area (Å²) in [5.41, 5.74) is 2.92. The van der Waals surface area contributed by atoms with Crippen LogP contribution in [0.4, 0.5) is 11.4 Å². The lowest BCUT2D eigenvalue weighted by Crippen LogP contribution is -2.00. The number of hydrogen-bond acceptors (Lipinski definition) is 4. The third-order valence-corrected chi connectivity index (χ3v) is 3.47. The number of rotatable bonds is 5. The van der Waals surface area contributed by atoms with Gasteiger partial charge in [0.1, 0.15) is 0 Å². The highest BCUT2D eigenvalue weighted by Crippen LogP contribution is 2.24. The van der Waals surface area contributed by atoms with Crippen LogP contribution >= 0.6 is 11.3 Å². The molecule has 18 heavy (non-hydrogen) atoms. The van der Waals surface area contributed by atoms with E-state index in [1.54, 1.807) is 17.4 Å². The van der Waals surface area contributed by atoms with Gasteiger partial charge in [-0.3, -0.25) is 10.1 Å². The molecule has 94 valence electrons. The maximum absolute atomic E-state index is 10.9. The number of thiophene rings is 1. The summed E-state index contributed by atoms with van der Waals surface area (Å²) in [4.78, 5) is 10.6. The van der Waals surface area contributed by atoms with Crippen molar-refractivity contribution >= 4 is 22.7 Å². The van der Waals surface area contributed by atoms with Crippen molar-refractivity contribution in [2.75, 3.05) is 5.32 Å². The van der Waals surface area contributed by atoms with Crippen LogP contribution < -0.4 is 5.32 Å². The average Bonchev–Trinajstić information content (AvgIpc) is 2.89. The van der Waals surface area contributed by atoms with Gasteiger partial charge in [0.05, 0.1) is 4.92 Å². The molecule has 0 aliphatic carbocycles. The highest BCUT2D eigenvalue weighted by Gasteiger charge is 2.12. The quantitative estimate of drug-likeness (QED) is 0.658. The van der Waals surface area contributed by atoms with E-state index in [4.69, 9.17) is 0 Å². The minimum atomic E-state index is -0.325. The second-order valence-corrected chi connectivity index (χ2v) is 4.72. The largest absolute Gasteiger partial charge is 0.381 e. The number of nitrogens with one attached hydrogen (secondary N) is 1. The summed E-state index contributed by atoms with van der Waals surface area (Å²) in [6, 6.07) is 7.34. The number of benzene rings is 1. The van der Waals surface area contributed by atoms with Gasteiger partial charge in [-0.1, -0.05) is 13.0 Å². The maximum atomic E-state index is 10.9. The molecule has 0 saturated carbocycles. The zero-order chi connectivity index (χ0) is 13.0. The number of aryl methyl sites for hydroxylation is 1. The minimum Gasteiger partial charge on any atom is -0.381 e. The molecule has 4 nitrogen and oxygen atoms in total. The van der Waals surface area contributed by atoms with E-state index in [2.05, 4.69) is 10.7 Å². The second-order valence-electron chi connectivity index (χ2n) is 3.94. The summed E-state index contributed by atoms with van der Waals surface area (Å²) in [6.07, 6.45) is 0.668. The molecule has 2 rings (SSSR count). The molecular formula is C13H14N2O2S. The number of nitrogens with zero attached hydrogens (tertiary/aromatic N) is 1. The molecule has 0 unspecified atom stereocenters. The van der Waals surface area contributed by atoms with Gasteiger partial charge >= 0.3 is 0 Å². The fourth-order valence-electron chi connectivity index (χ4n) is 1.74. The fraction of sp³-hybridized carbons (Fsp3) is 0.231. The van der Waals surface area contributed by atoms with Crippen molar-refractivity contribution < 1.29 is 4.92 Å². The number of nitro benzene ring substituents is 1. The lowest BCUT2D eigenvalue weighted by molar-refractivity contribution is -0.385. The van der Waals surface area contributed by atoms with Gasteiger partial charge in [0.15, 0.2) is 0 Å². The first kappa shape index (κ1) is 12.6. The Morgan fingerprint density at radius 2 is 2.22 bits per heavy atom. The minimum absolute atomic E-state index is 0.188. The van der Waals surface area contributed by atoms with Crippen LogP contribution in [0, 0.1) is 10.1 Å². The second kappa shape index (κ2) is 5.64. The molecule has 0 aliphatic rings. The molecule has 0 amide bonds. The van der Waals surface area contributed by atoms with Gasteiger partial charge in [-0.05, 0) is 34.9 Å². The molecule has 1 aromatic carbocycles. The summed E-state index contributed by atoms with van der Waals surface area (Å²) < 4.78 is 0. The molecule has 0 aliphatic heterocycles. The van der Waals surface area contributed by atoms with Crippen molar-refractivity contribution in [2.45, 2.75) is 19.9 Å². The van der Waals surface area contributed by atoms with Crippen LogP contribution in [0.25, 0.3) is 0 Å². The Balaban J connectivity index is 2.14. The van der Waals surface area contributed by atoms with Crippen molar-refractivity contribution in [1.82, 2.24) is 0 Å². The van der Waals surface area contributed by atoms with Crippen LogP contribution in [0.5, 0.6) is 0 Å². The standard InChI is InChI=1S/C13H14N2O2S/c1-2-11-3-4-12(7-13(11)15(16)17)14-8-10-5-6-18-9-10/h3-7,9,14H,2,8H2,1H3. The molecule has 1 N–H and O–H groups in total. The van der Waals surface area contributed by atoms with Gasteiger partial charge in [0.2, 0.25) is 0 Å². The molecule has 0 atom stereocenters. The third kappa shape index (κ3) is 2.87. The van der Waals surface area contributed by atoms with Gasteiger partial charge in [-0.2, -0.15) is 11.3 Å². The van der Waals surface area contributed by atoms with Crippen molar-refractivity contribution in [3.05, 3.63) is 56.3 Å². The molecule has 0 bridgehead atoms. The molecule has 1 aromatic heterocycles. The van der Waals surface area contributed by atoms with Gasteiger partial charge in [-0.25, -0.2) is 0 Å². The van der Waals surface area contributed by atoms with Crippen molar-refractivity contribution in [2.24, 2.45) is 0 Å². The lowest BCUT2D eigenvalue weighted by atomic mass is 10.1. The van der Waals surface area contributed by atoms with E-state index in [0.717, 1.165) is 11.3 Å². The summed E-state index contributed by atoms with van der Waals surface area (Å²) in [7, 11) is 0. The van der Waals surface area contributed by atoms with Crippen LogP contribution in [0.15, 0.2) is 35.0 Å². The Hall–Kier alpha value is -1.88. The Bertz CT molecular complexity index is 538. The summed E-state index contributed by atoms with van der Waals surface area (Å²) in [5, 5.41) is 18.2. The Labute approximate surface area is 109 Å². The average molecular weight is 262 g/mol. The van der Waals surface area contributed by atoms with Gasteiger partial charge in [0, 0.05) is 23.9 Å². The number of anilines is 1. The predicted octanol–water partition coefficient (Wildman–Crippen LogP) is 3.83. The summed E-state index contributed by atoms with van der Waals surface area (Å²) in [6.45, 7) is 2.60. The van der Waals surface area contributed by atoms with Crippen LogP contribution in [0.2, 0.25) is 0 Å². The summed E-state index contributed by atoms with van der Waals surface area (Å²) >= 11 is 1.64. The van der Waals surface area contributed by atoms with E-state index in [9.17, 15) is 10.1 Å². The lowest BCUT2D eigenvalue weighted by Gasteiger charge is -2.07. The Kier molecular flexibility index (Phi) is 3.94. The van der Waals surface area contributed by atoms with E-state index in [1.807, 2.05) is 30.5 Å². The van der Waals surface area contributed by atoms with Crippen molar-refractivity contribution in [1.29, 1.82) is 0 Å². The molecule has 0 spiro atoms. The van der Waals surface area contributed by atoms with Gasteiger partial charge in [-0.15, -0.1) is 0 Å². The smallest absolute Gasteiger partial charge is 0.274 e. The van der Waals surface area contributed by atoms with E-state index in [0.29, 0.717) is 13.0 Å². The zero-order valence-electron chi connectivity index (χ0n) is 10.1. The fourth-order valence-corrected chi connectivity index (χ4v) is 2.41. The van der Waals surface area contributed by atoms with Crippen molar-refractivity contribution in [3.63, 3.8) is 0 Å². The first-order valence-electron chi connectivity index (χ1n) is 5.73. The highest BCUT2D eigenvalue weighted by molar-refractivity contribution is 7.07. The zero-order valence-corrected chi connectivity index (χ0v) is 10.9. The van der Waals surface area contributed by atoms with Crippen LogP contribution in [0.3, 0.4) is 0 Å². The first-order chi connectivity index (χ1) is 8.70. The predicted molar refractivity (Wildman–Crippen MR) is 74.1 cm³/mol. The first-order valence-corrected chi connectivity index (χ1v) is 6.67. The Morgan fingerprint density at radius 3 is 2.83 bits per heavy atom. The van der Waals surface area contributed by atoms with Crippen LogP contribution in [-0.4, -0.2) is 4.92 Å². The highest BCUT2D eigenvalue weighted by atomic mass is 32.1. The molecular weight excluding hydrogens is 248 g/mol. The third-order valence-electron chi connectivity index (χ3n) is 2.74. The van der Waals surface area contributed by atoms with Gasteiger partial charge < -0.3 is 5.32 Å². The maximum Gasteiger partial charge on any atom is 0.274 e. The molecule has 0 radical (unpaired) electrons. The SMILES string of the molecule is CCc1ccc(NCc2ccsc2)cc1[N+](=O)[O-]. The number of hydrogen-bond donors (Lipinski definition) is 1. The summed E-state index contributed by atoms with van der Waals surface area (Å²) in [5.74, 6) is 0. The van der Waals surface area contributed by atoms with Crippen LogP contribution in [-0.2, 0) is 13.0 Å². The number of nitro groups is 1. The molecule has 0 saturated heterocycles. The van der Waals surface area contributed by atoms with Crippen LogP contribution in [0.1, 0.15) is 18.1 Å². The molecule has 5 heteroatoms. The van der Waals surface area contributed by atoms with Crippen molar-refractivity contribution in [3.8, 4) is 0 Å². The monoisotopic (exact) mass is 262 g/mol. The van der Waals surface area contributed by atoms with E-state index >= 15 is 0 Å². The topological polar surface area (TPSA) is 55.2 Å². The normalized spacial score (nSPS) is 10.3. The van der Waals surface area contributed by atoms with E-state index < -0.39 is 0 Å². The molecule has 2 aromatic rings.